The lowest BCUT2D eigenvalue weighted by Crippen LogP contribution is -2.13. The summed E-state index contributed by atoms with van der Waals surface area (Å²) >= 11 is 0. The van der Waals surface area contributed by atoms with Crippen molar-refractivity contribution in [1.29, 1.82) is 0 Å². The highest BCUT2D eigenvalue weighted by molar-refractivity contribution is 5.15. The fourth-order valence-corrected chi connectivity index (χ4v) is 1.93. The molecule has 1 saturated heterocycles. The number of hydrogen-bond acceptors (Lipinski definition) is 1. The Morgan fingerprint density at radius 1 is 1.33 bits per heavy atom. The van der Waals surface area contributed by atoms with Gasteiger partial charge in [0, 0.05) is 5.92 Å². The molecule has 12 heavy (non-hydrogen) atoms. The molecule has 1 heterocycles. The van der Waals surface area contributed by atoms with Crippen molar-refractivity contribution in [2.75, 3.05) is 0 Å². The summed E-state index contributed by atoms with van der Waals surface area (Å²) in [6.07, 6.45) is 10.2. The molecule has 0 amide bonds. The number of hydrogen-bond donors (Lipinski definition) is 0. The molecule has 1 heteroatoms. The molecular formula is C11H14O. The minimum atomic E-state index is 0.292. The Morgan fingerprint density at radius 3 is 2.75 bits per heavy atom. The SMILES string of the molecule is C=CC1CC=CC1C1OC1C=C. The predicted molar refractivity (Wildman–Crippen MR) is 49.8 cm³/mol. The molecule has 4 atom stereocenters. The van der Waals surface area contributed by atoms with E-state index >= 15 is 0 Å². The van der Waals surface area contributed by atoms with Crippen LogP contribution >= 0.6 is 0 Å². The molecule has 2 rings (SSSR count). The zero-order valence-corrected chi connectivity index (χ0v) is 7.15. The highest BCUT2D eigenvalue weighted by Gasteiger charge is 2.44. The van der Waals surface area contributed by atoms with Gasteiger partial charge in [-0.3, -0.25) is 0 Å². The summed E-state index contributed by atoms with van der Waals surface area (Å²) in [7, 11) is 0. The second-order valence-corrected chi connectivity index (χ2v) is 3.44. The molecule has 4 unspecified atom stereocenters. The summed E-state index contributed by atoms with van der Waals surface area (Å²) in [4.78, 5) is 0. The Balaban J connectivity index is 1.99. The van der Waals surface area contributed by atoms with Crippen LogP contribution in [0.3, 0.4) is 0 Å². The van der Waals surface area contributed by atoms with Crippen molar-refractivity contribution in [3.63, 3.8) is 0 Å². The van der Waals surface area contributed by atoms with E-state index in [2.05, 4.69) is 25.3 Å². The van der Waals surface area contributed by atoms with Gasteiger partial charge in [-0.25, -0.2) is 0 Å². The van der Waals surface area contributed by atoms with Gasteiger partial charge < -0.3 is 4.74 Å². The maximum absolute atomic E-state index is 5.47. The molecule has 1 nitrogen and oxygen atoms in total. The van der Waals surface area contributed by atoms with Gasteiger partial charge in [0.15, 0.2) is 0 Å². The maximum atomic E-state index is 5.47. The average Bonchev–Trinajstić information content (AvgIpc) is 2.74. The zero-order chi connectivity index (χ0) is 8.55. The minimum Gasteiger partial charge on any atom is -0.365 e. The number of epoxide rings is 1. The summed E-state index contributed by atoms with van der Waals surface area (Å²) in [6.45, 7) is 7.55. The second-order valence-electron chi connectivity index (χ2n) is 3.44. The Kier molecular flexibility index (Phi) is 1.89. The van der Waals surface area contributed by atoms with E-state index in [1.54, 1.807) is 0 Å². The highest BCUT2D eigenvalue weighted by Crippen LogP contribution is 2.40. The third kappa shape index (κ3) is 1.14. The van der Waals surface area contributed by atoms with Crippen molar-refractivity contribution in [3.8, 4) is 0 Å². The quantitative estimate of drug-likeness (QED) is 0.458. The molecule has 0 N–H and O–H groups in total. The number of ether oxygens (including phenoxy) is 1. The summed E-state index contributed by atoms with van der Waals surface area (Å²) in [5.41, 5.74) is 0. The molecule has 0 spiro atoms. The predicted octanol–water partition coefficient (Wildman–Crippen LogP) is 2.32. The summed E-state index contributed by atoms with van der Waals surface area (Å²) in [5, 5.41) is 0. The monoisotopic (exact) mass is 162 g/mol. The lowest BCUT2D eigenvalue weighted by molar-refractivity contribution is 0.324. The van der Waals surface area contributed by atoms with Crippen molar-refractivity contribution in [3.05, 3.63) is 37.5 Å². The van der Waals surface area contributed by atoms with Crippen LogP contribution in [0.5, 0.6) is 0 Å². The highest BCUT2D eigenvalue weighted by atomic mass is 16.6. The molecule has 0 radical (unpaired) electrons. The van der Waals surface area contributed by atoms with E-state index in [1.807, 2.05) is 12.2 Å². The molecular weight excluding hydrogens is 148 g/mol. The topological polar surface area (TPSA) is 12.5 Å². The third-order valence-corrected chi connectivity index (χ3v) is 2.74. The van der Waals surface area contributed by atoms with Crippen LogP contribution in [0.15, 0.2) is 37.5 Å². The van der Waals surface area contributed by atoms with E-state index in [0.717, 1.165) is 6.42 Å². The molecule has 2 aliphatic rings. The first-order chi connectivity index (χ1) is 5.86. The smallest absolute Gasteiger partial charge is 0.103 e. The summed E-state index contributed by atoms with van der Waals surface area (Å²) in [5.74, 6) is 1.13. The molecule has 0 aromatic rings. The van der Waals surface area contributed by atoms with Crippen LogP contribution in [0.2, 0.25) is 0 Å². The molecule has 0 aromatic heterocycles. The standard InChI is InChI=1S/C11H14O/c1-3-8-6-5-7-9(8)11-10(4-2)12-11/h3-5,7-11H,1-2,6H2. The van der Waals surface area contributed by atoms with Gasteiger partial charge in [-0.2, -0.15) is 0 Å². The fraction of sp³-hybridized carbons (Fsp3) is 0.455. The van der Waals surface area contributed by atoms with Crippen LogP contribution in [0.25, 0.3) is 0 Å². The van der Waals surface area contributed by atoms with Crippen LogP contribution in [-0.4, -0.2) is 12.2 Å². The van der Waals surface area contributed by atoms with E-state index in [-0.39, 0.29) is 0 Å². The first-order valence-electron chi connectivity index (χ1n) is 4.44. The Morgan fingerprint density at radius 2 is 2.17 bits per heavy atom. The number of rotatable bonds is 3. The van der Waals surface area contributed by atoms with E-state index < -0.39 is 0 Å². The first-order valence-corrected chi connectivity index (χ1v) is 4.44. The average molecular weight is 162 g/mol. The zero-order valence-electron chi connectivity index (χ0n) is 7.15. The number of allylic oxidation sites excluding steroid dienone is 2. The summed E-state index contributed by atoms with van der Waals surface area (Å²) < 4.78 is 5.47. The molecule has 1 aliphatic heterocycles. The molecule has 1 aliphatic carbocycles. The van der Waals surface area contributed by atoms with Crippen molar-refractivity contribution in [2.24, 2.45) is 11.8 Å². The molecule has 0 saturated carbocycles. The van der Waals surface area contributed by atoms with Gasteiger partial charge in [-0.05, 0) is 12.3 Å². The van der Waals surface area contributed by atoms with Crippen molar-refractivity contribution in [2.45, 2.75) is 18.6 Å². The van der Waals surface area contributed by atoms with Crippen LogP contribution in [0.1, 0.15) is 6.42 Å². The van der Waals surface area contributed by atoms with Gasteiger partial charge in [0.25, 0.3) is 0 Å². The van der Waals surface area contributed by atoms with Gasteiger partial charge in [-0.1, -0.05) is 24.3 Å². The van der Waals surface area contributed by atoms with Gasteiger partial charge >= 0.3 is 0 Å². The molecule has 64 valence electrons. The van der Waals surface area contributed by atoms with Gasteiger partial charge in [0.2, 0.25) is 0 Å². The van der Waals surface area contributed by atoms with E-state index in [4.69, 9.17) is 4.74 Å². The van der Waals surface area contributed by atoms with Crippen LogP contribution in [0.4, 0.5) is 0 Å². The van der Waals surface area contributed by atoms with Crippen molar-refractivity contribution in [1.82, 2.24) is 0 Å². The van der Waals surface area contributed by atoms with Gasteiger partial charge in [-0.15, -0.1) is 13.2 Å². The molecule has 0 bridgehead atoms. The summed E-state index contributed by atoms with van der Waals surface area (Å²) in [6, 6.07) is 0. The maximum Gasteiger partial charge on any atom is 0.103 e. The third-order valence-electron chi connectivity index (χ3n) is 2.74. The lowest BCUT2D eigenvalue weighted by Gasteiger charge is -2.11. The van der Waals surface area contributed by atoms with Crippen molar-refractivity contribution >= 4 is 0 Å². The van der Waals surface area contributed by atoms with Gasteiger partial charge in [0.1, 0.15) is 6.10 Å². The largest absolute Gasteiger partial charge is 0.365 e. The Labute approximate surface area is 73.4 Å². The second kappa shape index (κ2) is 2.91. The Hall–Kier alpha value is -0.820. The van der Waals surface area contributed by atoms with Gasteiger partial charge in [0.05, 0.1) is 6.10 Å². The van der Waals surface area contributed by atoms with E-state index in [1.165, 1.54) is 0 Å². The van der Waals surface area contributed by atoms with Crippen LogP contribution < -0.4 is 0 Å². The lowest BCUT2D eigenvalue weighted by atomic mass is 9.91. The van der Waals surface area contributed by atoms with E-state index in [0.29, 0.717) is 24.0 Å². The fourth-order valence-electron chi connectivity index (χ4n) is 1.93. The molecule has 1 fully saturated rings. The Bertz CT molecular complexity index is 229. The van der Waals surface area contributed by atoms with Crippen molar-refractivity contribution < 1.29 is 4.74 Å². The molecule has 0 aromatic carbocycles. The first kappa shape index (κ1) is 7.81. The minimum absolute atomic E-state index is 0.292. The van der Waals surface area contributed by atoms with E-state index in [9.17, 15) is 0 Å². The van der Waals surface area contributed by atoms with Crippen LogP contribution in [0, 0.1) is 11.8 Å². The van der Waals surface area contributed by atoms with Crippen LogP contribution in [-0.2, 0) is 4.74 Å². The normalized spacial score (nSPS) is 44.3.